The molecule has 22 heavy (non-hydrogen) atoms. The fourth-order valence-corrected chi connectivity index (χ4v) is 2.78. The molecule has 0 heterocycles. The van der Waals surface area contributed by atoms with Crippen molar-refractivity contribution in [3.63, 3.8) is 0 Å². The Bertz CT molecular complexity index is 531. The molecule has 0 aromatic heterocycles. The summed E-state index contributed by atoms with van der Waals surface area (Å²) in [6.45, 7) is 2.27. The molecule has 0 atom stereocenters. The van der Waals surface area contributed by atoms with E-state index in [0.717, 1.165) is 24.3 Å². The quantitative estimate of drug-likeness (QED) is 0.848. The number of carbonyl (C=O) groups excluding carboxylic acids is 1. The van der Waals surface area contributed by atoms with Crippen LogP contribution >= 0.6 is 0 Å². The third-order valence-corrected chi connectivity index (χ3v) is 4.20. The van der Waals surface area contributed by atoms with E-state index in [0.29, 0.717) is 17.5 Å². The molecule has 1 saturated carbocycles. The zero-order chi connectivity index (χ0) is 15.9. The van der Waals surface area contributed by atoms with Crippen LogP contribution in [0.4, 0.5) is 0 Å². The van der Waals surface area contributed by atoms with Crippen LogP contribution in [0.3, 0.4) is 0 Å². The molecule has 120 valence electrons. The maximum absolute atomic E-state index is 12.0. The SMILES string of the molecule is COc1ccc(/C=C/C(=O)NC2CCC(C)CC2)cc1OC. The van der Waals surface area contributed by atoms with Crippen LogP contribution in [0.2, 0.25) is 0 Å². The van der Waals surface area contributed by atoms with Gasteiger partial charge in [-0.25, -0.2) is 0 Å². The summed E-state index contributed by atoms with van der Waals surface area (Å²) >= 11 is 0. The number of benzene rings is 1. The lowest BCUT2D eigenvalue weighted by Crippen LogP contribution is -2.36. The molecule has 1 fully saturated rings. The molecule has 2 rings (SSSR count). The molecule has 0 saturated heterocycles. The standard InChI is InChI=1S/C18H25NO3/c1-13-4-8-15(9-5-13)19-18(20)11-7-14-6-10-16(21-2)17(12-14)22-3/h6-7,10-13,15H,4-5,8-9H2,1-3H3,(H,19,20)/b11-7+. The van der Waals surface area contributed by atoms with Crippen molar-refractivity contribution in [2.75, 3.05) is 14.2 Å². The van der Waals surface area contributed by atoms with Gasteiger partial charge in [0.2, 0.25) is 5.91 Å². The van der Waals surface area contributed by atoms with Crippen molar-refractivity contribution in [3.05, 3.63) is 29.8 Å². The number of carbonyl (C=O) groups is 1. The lowest BCUT2D eigenvalue weighted by atomic mass is 9.87. The molecular formula is C18H25NO3. The summed E-state index contributed by atoms with van der Waals surface area (Å²) in [5.74, 6) is 2.09. The van der Waals surface area contributed by atoms with Crippen LogP contribution in [0.5, 0.6) is 11.5 Å². The number of hydrogen-bond acceptors (Lipinski definition) is 3. The summed E-state index contributed by atoms with van der Waals surface area (Å²) in [5.41, 5.74) is 0.907. The average Bonchev–Trinajstić information content (AvgIpc) is 2.54. The van der Waals surface area contributed by atoms with Gasteiger partial charge in [-0.05, 0) is 55.4 Å². The first-order valence-corrected chi connectivity index (χ1v) is 7.83. The smallest absolute Gasteiger partial charge is 0.244 e. The van der Waals surface area contributed by atoms with E-state index in [1.54, 1.807) is 26.4 Å². The molecule has 0 bridgehead atoms. The highest BCUT2D eigenvalue weighted by Gasteiger charge is 2.18. The van der Waals surface area contributed by atoms with Crippen molar-refractivity contribution in [3.8, 4) is 11.5 Å². The van der Waals surface area contributed by atoms with Crippen molar-refractivity contribution in [1.82, 2.24) is 5.32 Å². The van der Waals surface area contributed by atoms with Crippen LogP contribution in [-0.2, 0) is 4.79 Å². The molecule has 4 nitrogen and oxygen atoms in total. The number of nitrogens with one attached hydrogen (secondary N) is 1. The van der Waals surface area contributed by atoms with Crippen molar-refractivity contribution in [1.29, 1.82) is 0 Å². The molecule has 1 aliphatic rings. The summed E-state index contributed by atoms with van der Waals surface area (Å²) in [5, 5.41) is 3.08. The maximum Gasteiger partial charge on any atom is 0.244 e. The predicted octanol–water partition coefficient (Wildman–Crippen LogP) is 3.41. The Morgan fingerprint density at radius 1 is 1.14 bits per heavy atom. The van der Waals surface area contributed by atoms with Gasteiger partial charge in [0.25, 0.3) is 0 Å². The summed E-state index contributed by atoms with van der Waals surface area (Å²) in [6.07, 6.45) is 7.94. The molecular weight excluding hydrogens is 278 g/mol. The molecule has 1 aliphatic carbocycles. The number of amides is 1. The van der Waals surface area contributed by atoms with Crippen molar-refractivity contribution < 1.29 is 14.3 Å². The van der Waals surface area contributed by atoms with Gasteiger partial charge in [-0.15, -0.1) is 0 Å². The second-order valence-electron chi connectivity index (χ2n) is 5.91. The van der Waals surface area contributed by atoms with Crippen LogP contribution in [0.1, 0.15) is 38.2 Å². The van der Waals surface area contributed by atoms with Gasteiger partial charge in [-0.2, -0.15) is 0 Å². The Labute approximate surface area is 132 Å². The third kappa shape index (κ3) is 4.52. The zero-order valence-corrected chi connectivity index (χ0v) is 13.6. The van der Waals surface area contributed by atoms with E-state index in [-0.39, 0.29) is 5.91 Å². The van der Waals surface area contributed by atoms with Crippen LogP contribution < -0.4 is 14.8 Å². The van der Waals surface area contributed by atoms with E-state index < -0.39 is 0 Å². The van der Waals surface area contributed by atoms with E-state index >= 15 is 0 Å². The highest BCUT2D eigenvalue weighted by molar-refractivity contribution is 5.92. The Morgan fingerprint density at radius 2 is 1.82 bits per heavy atom. The van der Waals surface area contributed by atoms with Gasteiger partial charge < -0.3 is 14.8 Å². The Hall–Kier alpha value is -1.97. The van der Waals surface area contributed by atoms with Gasteiger partial charge in [0.15, 0.2) is 11.5 Å². The minimum absolute atomic E-state index is 0.0330. The topological polar surface area (TPSA) is 47.6 Å². The minimum Gasteiger partial charge on any atom is -0.493 e. The Morgan fingerprint density at radius 3 is 2.45 bits per heavy atom. The van der Waals surface area contributed by atoms with Crippen LogP contribution in [0.25, 0.3) is 6.08 Å². The Kier molecular flexibility index (Phi) is 5.87. The largest absolute Gasteiger partial charge is 0.493 e. The van der Waals surface area contributed by atoms with Gasteiger partial charge in [-0.1, -0.05) is 13.0 Å². The number of ether oxygens (including phenoxy) is 2. The van der Waals surface area contributed by atoms with E-state index in [1.165, 1.54) is 12.8 Å². The average molecular weight is 303 g/mol. The monoisotopic (exact) mass is 303 g/mol. The first-order valence-electron chi connectivity index (χ1n) is 7.83. The zero-order valence-electron chi connectivity index (χ0n) is 13.6. The highest BCUT2D eigenvalue weighted by atomic mass is 16.5. The molecule has 0 unspecified atom stereocenters. The number of rotatable bonds is 5. The van der Waals surface area contributed by atoms with Crippen molar-refractivity contribution in [2.45, 2.75) is 38.6 Å². The number of hydrogen-bond donors (Lipinski definition) is 1. The molecule has 1 amide bonds. The van der Waals surface area contributed by atoms with E-state index in [2.05, 4.69) is 12.2 Å². The molecule has 0 radical (unpaired) electrons. The fourth-order valence-electron chi connectivity index (χ4n) is 2.78. The summed E-state index contributed by atoms with van der Waals surface area (Å²) in [7, 11) is 3.20. The molecule has 0 aliphatic heterocycles. The first-order chi connectivity index (χ1) is 10.6. The normalized spacial score (nSPS) is 21.6. The maximum atomic E-state index is 12.0. The second-order valence-corrected chi connectivity index (χ2v) is 5.91. The first kappa shape index (κ1) is 16.4. The van der Waals surface area contributed by atoms with E-state index in [4.69, 9.17) is 9.47 Å². The van der Waals surface area contributed by atoms with E-state index in [9.17, 15) is 4.79 Å². The van der Waals surface area contributed by atoms with Gasteiger partial charge in [0.1, 0.15) is 0 Å². The third-order valence-electron chi connectivity index (χ3n) is 4.20. The van der Waals surface area contributed by atoms with Gasteiger partial charge >= 0.3 is 0 Å². The number of methoxy groups -OCH3 is 2. The predicted molar refractivity (Wildman–Crippen MR) is 88.1 cm³/mol. The summed E-state index contributed by atoms with van der Waals surface area (Å²) < 4.78 is 10.5. The van der Waals surface area contributed by atoms with Crippen molar-refractivity contribution >= 4 is 12.0 Å². The lowest BCUT2D eigenvalue weighted by molar-refractivity contribution is -0.117. The Balaban J connectivity index is 1.92. The van der Waals surface area contributed by atoms with Gasteiger partial charge in [-0.3, -0.25) is 4.79 Å². The van der Waals surface area contributed by atoms with Crippen molar-refractivity contribution in [2.24, 2.45) is 5.92 Å². The van der Waals surface area contributed by atoms with Gasteiger partial charge in [0.05, 0.1) is 14.2 Å². The molecule has 4 heteroatoms. The van der Waals surface area contributed by atoms with Gasteiger partial charge in [0, 0.05) is 12.1 Å². The lowest BCUT2D eigenvalue weighted by Gasteiger charge is -2.26. The summed E-state index contributed by atoms with van der Waals surface area (Å²) in [6, 6.07) is 5.90. The minimum atomic E-state index is -0.0330. The molecule has 1 aromatic carbocycles. The van der Waals surface area contributed by atoms with Crippen LogP contribution in [-0.4, -0.2) is 26.2 Å². The van der Waals surface area contributed by atoms with Crippen LogP contribution in [0.15, 0.2) is 24.3 Å². The molecule has 1 aromatic rings. The highest BCUT2D eigenvalue weighted by Crippen LogP contribution is 2.28. The molecule has 1 N–H and O–H groups in total. The fraction of sp³-hybridized carbons (Fsp3) is 0.500. The summed E-state index contributed by atoms with van der Waals surface area (Å²) in [4.78, 5) is 12.0. The second kappa shape index (κ2) is 7.87. The van der Waals surface area contributed by atoms with Crippen LogP contribution in [0, 0.1) is 5.92 Å². The molecule has 0 spiro atoms. The van der Waals surface area contributed by atoms with E-state index in [1.807, 2.05) is 18.2 Å².